The lowest BCUT2D eigenvalue weighted by atomic mass is 9.97. The van der Waals surface area contributed by atoms with E-state index in [2.05, 4.69) is 28.4 Å². The summed E-state index contributed by atoms with van der Waals surface area (Å²) in [7, 11) is 0. The number of amides is 1. The van der Waals surface area contributed by atoms with Gasteiger partial charge in [0.15, 0.2) is 5.13 Å². The molecule has 1 amide bonds. The molecule has 2 heterocycles. The number of para-hydroxylation sites is 1. The van der Waals surface area contributed by atoms with Gasteiger partial charge in [0, 0.05) is 25.6 Å². The highest BCUT2D eigenvalue weighted by atomic mass is 32.1. The van der Waals surface area contributed by atoms with Crippen molar-refractivity contribution in [2.24, 2.45) is 11.8 Å². The van der Waals surface area contributed by atoms with Crippen LogP contribution in [0.1, 0.15) is 25.7 Å². The molecule has 4 nitrogen and oxygen atoms in total. The van der Waals surface area contributed by atoms with E-state index in [1.165, 1.54) is 4.70 Å². The summed E-state index contributed by atoms with van der Waals surface area (Å²) in [4.78, 5) is 18.8. The monoisotopic (exact) mass is 315 g/mol. The summed E-state index contributed by atoms with van der Waals surface area (Å²) in [5.74, 6) is 1.21. The van der Waals surface area contributed by atoms with Gasteiger partial charge in [0.05, 0.1) is 10.2 Å². The van der Waals surface area contributed by atoms with Crippen LogP contribution in [0.3, 0.4) is 0 Å². The minimum atomic E-state index is 0.272. The van der Waals surface area contributed by atoms with Gasteiger partial charge in [-0.05, 0) is 43.7 Å². The van der Waals surface area contributed by atoms with E-state index >= 15 is 0 Å². The number of aromatic nitrogens is 1. The second-order valence-electron chi connectivity index (χ2n) is 6.41. The van der Waals surface area contributed by atoms with Gasteiger partial charge in [-0.3, -0.25) is 4.79 Å². The van der Waals surface area contributed by atoms with Crippen LogP contribution in [0.15, 0.2) is 24.3 Å². The van der Waals surface area contributed by atoms with Gasteiger partial charge in [-0.15, -0.1) is 0 Å². The molecule has 1 aliphatic heterocycles. The molecule has 1 aliphatic carbocycles. The van der Waals surface area contributed by atoms with Crippen LogP contribution in [0.4, 0.5) is 5.13 Å². The molecule has 0 bridgehead atoms. The number of nitrogens with zero attached hydrogens (tertiary/aromatic N) is 2. The normalized spacial score (nSPS) is 19.5. The van der Waals surface area contributed by atoms with Crippen molar-refractivity contribution in [2.75, 3.05) is 24.5 Å². The van der Waals surface area contributed by atoms with Crippen LogP contribution in [0.5, 0.6) is 0 Å². The van der Waals surface area contributed by atoms with Crippen LogP contribution in [0, 0.1) is 11.8 Å². The molecule has 1 saturated heterocycles. The van der Waals surface area contributed by atoms with Gasteiger partial charge in [0.2, 0.25) is 5.91 Å². The lowest BCUT2D eigenvalue weighted by Gasteiger charge is -2.31. The van der Waals surface area contributed by atoms with Crippen molar-refractivity contribution in [3.8, 4) is 0 Å². The Labute approximate surface area is 134 Å². The maximum atomic E-state index is 11.7. The molecular weight excluding hydrogens is 294 g/mol. The summed E-state index contributed by atoms with van der Waals surface area (Å²) >= 11 is 1.78. The molecule has 0 atom stereocenters. The molecule has 1 aromatic carbocycles. The molecule has 4 rings (SSSR count). The zero-order valence-electron chi connectivity index (χ0n) is 12.6. The SMILES string of the molecule is O=C(NCC1CCN(c2nc3ccccc3s2)CC1)C1CC1. The van der Waals surface area contributed by atoms with Gasteiger partial charge in [-0.2, -0.15) is 0 Å². The maximum Gasteiger partial charge on any atom is 0.223 e. The number of carbonyl (C=O) groups excluding carboxylic acids is 1. The van der Waals surface area contributed by atoms with Crippen molar-refractivity contribution in [3.63, 3.8) is 0 Å². The molecular formula is C17H21N3OS. The quantitative estimate of drug-likeness (QED) is 0.943. The lowest BCUT2D eigenvalue weighted by Crippen LogP contribution is -2.39. The van der Waals surface area contributed by atoms with Crippen molar-refractivity contribution < 1.29 is 4.79 Å². The first-order valence-electron chi connectivity index (χ1n) is 8.18. The maximum absolute atomic E-state index is 11.7. The Balaban J connectivity index is 1.32. The molecule has 0 radical (unpaired) electrons. The zero-order valence-corrected chi connectivity index (χ0v) is 13.4. The molecule has 2 aromatic rings. The number of thiazole rings is 1. The van der Waals surface area contributed by atoms with Gasteiger partial charge >= 0.3 is 0 Å². The number of nitrogens with one attached hydrogen (secondary N) is 1. The van der Waals surface area contributed by atoms with Gasteiger partial charge in [-0.25, -0.2) is 4.98 Å². The first-order valence-corrected chi connectivity index (χ1v) is 8.99. The average molecular weight is 315 g/mol. The molecule has 1 aromatic heterocycles. The summed E-state index contributed by atoms with van der Waals surface area (Å²) in [5, 5.41) is 4.26. The summed E-state index contributed by atoms with van der Waals surface area (Å²) in [6.45, 7) is 2.94. The van der Waals surface area contributed by atoms with Crippen molar-refractivity contribution in [1.29, 1.82) is 0 Å². The fourth-order valence-corrected chi connectivity index (χ4v) is 4.08. The van der Waals surface area contributed by atoms with E-state index in [1.807, 2.05) is 6.07 Å². The second kappa shape index (κ2) is 5.88. The third-order valence-electron chi connectivity index (χ3n) is 4.68. The number of carbonyl (C=O) groups is 1. The van der Waals surface area contributed by atoms with Crippen LogP contribution in [-0.4, -0.2) is 30.5 Å². The second-order valence-corrected chi connectivity index (χ2v) is 7.42. The first-order chi connectivity index (χ1) is 10.8. The van der Waals surface area contributed by atoms with Crippen molar-refractivity contribution >= 4 is 32.6 Å². The van der Waals surface area contributed by atoms with Gasteiger partial charge < -0.3 is 10.2 Å². The number of hydrogen-bond donors (Lipinski definition) is 1. The van der Waals surface area contributed by atoms with Crippen LogP contribution in [-0.2, 0) is 4.79 Å². The van der Waals surface area contributed by atoms with Crippen molar-refractivity contribution in [3.05, 3.63) is 24.3 Å². The Bertz CT molecular complexity index is 638. The number of hydrogen-bond acceptors (Lipinski definition) is 4. The largest absolute Gasteiger partial charge is 0.356 e. The highest BCUT2D eigenvalue weighted by Gasteiger charge is 2.30. The number of anilines is 1. The Morgan fingerprint density at radius 2 is 2.00 bits per heavy atom. The molecule has 2 fully saturated rings. The van der Waals surface area contributed by atoms with Gasteiger partial charge in [0.1, 0.15) is 0 Å². The fourth-order valence-electron chi connectivity index (χ4n) is 3.06. The summed E-state index contributed by atoms with van der Waals surface area (Å²) in [5.41, 5.74) is 1.10. The number of fused-ring (bicyclic) bond motifs is 1. The van der Waals surface area contributed by atoms with E-state index in [-0.39, 0.29) is 5.91 Å². The molecule has 0 spiro atoms. The van der Waals surface area contributed by atoms with E-state index in [0.29, 0.717) is 11.8 Å². The summed E-state index contributed by atoms with van der Waals surface area (Å²) in [6.07, 6.45) is 4.45. The summed E-state index contributed by atoms with van der Waals surface area (Å²) < 4.78 is 1.26. The standard InChI is InChI=1S/C17H21N3OS/c21-16(13-5-6-13)18-11-12-7-9-20(10-8-12)17-19-14-3-1-2-4-15(14)22-17/h1-4,12-13H,5-11H2,(H,18,21). The minimum absolute atomic E-state index is 0.272. The lowest BCUT2D eigenvalue weighted by molar-refractivity contribution is -0.122. The molecule has 5 heteroatoms. The van der Waals surface area contributed by atoms with Crippen molar-refractivity contribution in [1.82, 2.24) is 10.3 Å². The van der Waals surface area contributed by atoms with Crippen molar-refractivity contribution in [2.45, 2.75) is 25.7 Å². The van der Waals surface area contributed by atoms with E-state index in [1.54, 1.807) is 11.3 Å². The third-order valence-corrected chi connectivity index (χ3v) is 5.78. The molecule has 2 aliphatic rings. The highest BCUT2D eigenvalue weighted by molar-refractivity contribution is 7.22. The average Bonchev–Trinajstić information content (AvgIpc) is 3.32. The van der Waals surface area contributed by atoms with Gasteiger partial charge in [0.25, 0.3) is 0 Å². The Kier molecular flexibility index (Phi) is 3.74. The predicted molar refractivity (Wildman–Crippen MR) is 90.3 cm³/mol. The van der Waals surface area contributed by atoms with E-state index in [0.717, 1.165) is 56.0 Å². The Hall–Kier alpha value is -1.62. The minimum Gasteiger partial charge on any atom is -0.356 e. The fraction of sp³-hybridized carbons (Fsp3) is 0.529. The molecule has 1 saturated carbocycles. The van der Waals surface area contributed by atoms with E-state index < -0.39 is 0 Å². The Morgan fingerprint density at radius 3 is 2.73 bits per heavy atom. The predicted octanol–water partition coefficient (Wildman–Crippen LogP) is 3.04. The Morgan fingerprint density at radius 1 is 1.23 bits per heavy atom. The first kappa shape index (κ1) is 14.0. The molecule has 0 unspecified atom stereocenters. The number of piperidine rings is 1. The molecule has 116 valence electrons. The molecule has 1 N–H and O–H groups in total. The topological polar surface area (TPSA) is 45.2 Å². The number of rotatable bonds is 4. The van der Waals surface area contributed by atoms with E-state index in [4.69, 9.17) is 4.98 Å². The van der Waals surface area contributed by atoms with Crippen LogP contribution < -0.4 is 10.2 Å². The van der Waals surface area contributed by atoms with E-state index in [9.17, 15) is 4.79 Å². The number of benzene rings is 1. The zero-order chi connectivity index (χ0) is 14.9. The molecule has 22 heavy (non-hydrogen) atoms. The smallest absolute Gasteiger partial charge is 0.223 e. The van der Waals surface area contributed by atoms with Gasteiger partial charge in [-0.1, -0.05) is 23.5 Å². The highest BCUT2D eigenvalue weighted by Crippen LogP contribution is 2.31. The van der Waals surface area contributed by atoms with Crippen LogP contribution in [0.25, 0.3) is 10.2 Å². The summed E-state index contributed by atoms with van der Waals surface area (Å²) in [6, 6.07) is 8.33. The van der Waals surface area contributed by atoms with Crippen LogP contribution in [0.2, 0.25) is 0 Å². The third kappa shape index (κ3) is 2.95. The van der Waals surface area contributed by atoms with Crippen LogP contribution >= 0.6 is 11.3 Å².